The van der Waals surface area contributed by atoms with Crippen LogP contribution in [0.15, 0.2) is 97.2 Å². The first kappa shape index (κ1) is 82.9. The normalized spacial score (nSPS) is 28.3. The molecule has 0 aromatic rings. The molecule has 92 heavy (non-hydrogen) atoms. The smallest absolute Gasteiger partial charge is 0.220 e. The number of allylic oxidation sites excluding steroid dienone is 15. The van der Waals surface area contributed by atoms with Crippen molar-refractivity contribution in [3.05, 3.63) is 97.2 Å². The molecular weight excluding hydrogens is 1180 g/mol. The number of amides is 1. The van der Waals surface area contributed by atoms with E-state index in [1.165, 1.54) is 116 Å². The van der Waals surface area contributed by atoms with Crippen LogP contribution >= 0.6 is 0 Å². The number of aliphatic hydroxyl groups excluding tert-OH is 11. The van der Waals surface area contributed by atoms with E-state index >= 15 is 0 Å². The summed E-state index contributed by atoms with van der Waals surface area (Å²) in [4.78, 5) is 13.4. The number of hydrogen-bond acceptors (Lipinski definition) is 18. The molecule has 3 aliphatic rings. The van der Waals surface area contributed by atoms with Crippen molar-refractivity contribution in [1.82, 2.24) is 5.32 Å². The van der Waals surface area contributed by atoms with E-state index in [2.05, 4.69) is 104 Å². The summed E-state index contributed by atoms with van der Waals surface area (Å²) in [6.07, 6.45) is 44.1. The highest BCUT2D eigenvalue weighted by atomic mass is 16.8. The van der Waals surface area contributed by atoms with Crippen molar-refractivity contribution in [2.24, 2.45) is 0 Å². The summed E-state index contributed by atoms with van der Waals surface area (Å²) in [6, 6.07) is -0.993. The highest BCUT2D eigenvalue weighted by Gasteiger charge is 2.53. The van der Waals surface area contributed by atoms with Gasteiger partial charge in [-0.2, -0.15) is 0 Å². The van der Waals surface area contributed by atoms with Crippen molar-refractivity contribution in [3.63, 3.8) is 0 Å². The van der Waals surface area contributed by atoms with Gasteiger partial charge in [0.1, 0.15) is 73.2 Å². The number of carbonyl (C=O) groups is 1. The molecule has 3 fully saturated rings. The molecule has 19 nitrogen and oxygen atoms in total. The highest BCUT2D eigenvalue weighted by molar-refractivity contribution is 5.76. The molecule has 0 aromatic carbocycles. The molecule has 0 saturated carbocycles. The number of hydrogen-bond donors (Lipinski definition) is 12. The minimum absolute atomic E-state index is 0.231. The summed E-state index contributed by atoms with van der Waals surface area (Å²) in [7, 11) is 0. The lowest BCUT2D eigenvalue weighted by Gasteiger charge is -2.48. The molecule has 0 aliphatic carbocycles. The summed E-state index contributed by atoms with van der Waals surface area (Å²) in [5.74, 6) is -0.289. The van der Waals surface area contributed by atoms with Crippen LogP contribution in [0.1, 0.15) is 226 Å². The van der Waals surface area contributed by atoms with Gasteiger partial charge in [-0.05, 0) is 83.5 Å². The van der Waals surface area contributed by atoms with Crippen molar-refractivity contribution in [3.8, 4) is 0 Å². The molecular formula is C73H125NO18. The predicted molar refractivity (Wildman–Crippen MR) is 360 cm³/mol. The fourth-order valence-electron chi connectivity index (χ4n) is 11.4. The maximum absolute atomic E-state index is 13.4. The van der Waals surface area contributed by atoms with E-state index in [0.717, 1.165) is 77.0 Å². The summed E-state index contributed by atoms with van der Waals surface area (Å²) in [5, 5.41) is 120. The third-order valence-corrected chi connectivity index (χ3v) is 17.1. The van der Waals surface area contributed by atoms with Crippen LogP contribution < -0.4 is 5.32 Å². The van der Waals surface area contributed by atoms with Gasteiger partial charge in [0.05, 0.1) is 38.6 Å². The van der Waals surface area contributed by atoms with Crippen LogP contribution in [-0.4, -0.2) is 193 Å². The molecule has 19 heteroatoms. The molecule has 3 rings (SSSR count). The molecule has 3 aliphatic heterocycles. The molecule has 17 unspecified atom stereocenters. The van der Waals surface area contributed by atoms with Gasteiger partial charge in [-0.25, -0.2) is 0 Å². The van der Waals surface area contributed by atoms with E-state index in [0.29, 0.717) is 12.8 Å². The molecule has 1 amide bonds. The van der Waals surface area contributed by atoms with Crippen molar-refractivity contribution >= 4 is 5.91 Å². The minimum atomic E-state index is -1.98. The Labute approximate surface area is 552 Å². The largest absolute Gasteiger partial charge is 0.394 e. The van der Waals surface area contributed by atoms with Crippen LogP contribution in [0.5, 0.6) is 0 Å². The van der Waals surface area contributed by atoms with Gasteiger partial charge in [-0.3, -0.25) is 4.79 Å². The molecule has 0 spiro atoms. The fourth-order valence-corrected chi connectivity index (χ4v) is 11.4. The van der Waals surface area contributed by atoms with Gasteiger partial charge >= 0.3 is 0 Å². The van der Waals surface area contributed by atoms with Gasteiger partial charge in [0.15, 0.2) is 18.9 Å². The third-order valence-electron chi connectivity index (χ3n) is 17.1. The molecule has 0 aromatic heterocycles. The lowest BCUT2D eigenvalue weighted by atomic mass is 9.96. The molecule has 17 atom stereocenters. The van der Waals surface area contributed by atoms with E-state index in [1.54, 1.807) is 6.08 Å². The molecule has 3 saturated heterocycles. The Balaban J connectivity index is 1.34. The number of nitrogens with one attached hydrogen (secondary N) is 1. The first-order valence-corrected chi connectivity index (χ1v) is 35.5. The van der Waals surface area contributed by atoms with Gasteiger partial charge < -0.3 is 89.9 Å². The van der Waals surface area contributed by atoms with Crippen LogP contribution in [0.3, 0.4) is 0 Å². The molecule has 0 bridgehead atoms. The Morgan fingerprint density at radius 2 is 0.761 bits per heavy atom. The first-order valence-electron chi connectivity index (χ1n) is 35.5. The van der Waals surface area contributed by atoms with E-state index in [-0.39, 0.29) is 18.9 Å². The van der Waals surface area contributed by atoms with Crippen molar-refractivity contribution in [2.75, 3.05) is 26.4 Å². The summed E-state index contributed by atoms with van der Waals surface area (Å²) in [6.45, 7) is 1.56. The van der Waals surface area contributed by atoms with E-state index in [9.17, 15) is 61.0 Å². The fraction of sp³-hybridized carbons (Fsp3) is 0.767. The summed E-state index contributed by atoms with van der Waals surface area (Å²) >= 11 is 0. The summed E-state index contributed by atoms with van der Waals surface area (Å²) < 4.78 is 34.3. The Morgan fingerprint density at radius 3 is 1.22 bits per heavy atom. The molecule has 530 valence electrons. The second-order valence-electron chi connectivity index (χ2n) is 25.0. The van der Waals surface area contributed by atoms with E-state index < -0.39 is 124 Å². The molecule has 3 heterocycles. The topological polar surface area (TPSA) is 307 Å². The lowest BCUT2D eigenvalue weighted by Crippen LogP contribution is -2.66. The van der Waals surface area contributed by atoms with Crippen LogP contribution in [-0.2, 0) is 33.2 Å². The number of rotatable bonds is 53. The lowest BCUT2D eigenvalue weighted by molar-refractivity contribution is -0.379. The standard InChI is InChI=1S/C73H125NO18/c1-3-5-7-9-11-13-15-17-18-19-20-21-22-23-24-25-26-27-28-29-30-31-32-33-34-35-36-37-38-39-41-43-45-47-49-51-61(79)74-56(57(78)50-48-46-44-42-40-16-14-12-10-8-6-4-2)55-87-71-67(85)64(82)69(59(53-76)89-71)92-73-68(86)65(83)70(60(54-77)90-73)91-72-66(84)63(81)62(80)58(52-75)88-72/h5,7,11,13,17-18,20-21,23-24,26-27,40,42,48,50,56-60,62-73,75-78,80-86H,3-4,6,8-10,12,14-16,19,22,25,28-39,41,43-47,49,51-55H2,1-2H3,(H,74,79)/b7-5-,13-11-,18-17-,21-20-,24-23-,27-26-,42-40+,50-48+. The van der Waals surface area contributed by atoms with Gasteiger partial charge in [-0.1, -0.05) is 233 Å². The Hall–Kier alpha value is -3.29. The molecule has 12 N–H and O–H groups in total. The van der Waals surface area contributed by atoms with Crippen LogP contribution in [0.2, 0.25) is 0 Å². The third kappa shape index (κ3) is 35.1. The number of ether oxygens (including phenoxy) is 6. The van der Waals surface area contributed by atoms with Gasteiger partial charge in [0, 0.05) is 6.42 Å². The zero-order chi connectivity index (χ0) is 66.8. The Morgan fingerprint density at radius 1 is 0.402 bits per heavy atom. The number of unbranched alkanes of at least 4 members (excludes halogenated alkanes) is 23. The second kappa shape index (κ2) is 53.8. The van der Waals surface area contributed by atoms with Crippen LogP contribution in [0, 0.1) is 0 Å². The highest BCUT2D eigenvalue weighted by Crippen LogP contribution is 2.33. The average molecular weight is 1300 g/mol. The Bertz CT molecular complexity index is 2040. The van der Waals surface area contributed by atoms with Crippen molar-refractivity contribution < 1.29 is 89.4 Å². The van der Waals surface area contributed by atoms with Crippen LogP contribution in [0.4, 0.5) is 0 Å². The first-order chi connectivity index (χ1) is 44.8. The molecule has 0 radical (unpaired) electrons. The predicted octanol–water partition coefficient (Wildman–Crippen LogP) is 9.66. The quantitative estimate of drug-likeness (QED) is 0.0199. The number of aliphatic hydroxyl groups is 11. The zero-order valence-electron chi connectivity index (χ0n) is 56.0. The summed E-state index contributed by atoms with van der Waals surface area (Å²) in [5.41, 5.74) is 0. The minimum Gasteiger partial charge on any atom is -0.394 e. The maximum Gasteiger partial charge on any atom is 0.220 e. The SMILES string of the molecule is CC/C=C\C/C=C\C/C=C\C/C=C\C/C=C\C/C=C\CCCCCCCCCCCCCCCCCCC(=O)NC(COC1OC(CO)C(OC2OC(CO)C(OC3OC(CO)C(O)C(O)C3O)C(O)C2O)C(O)C1O)C(O)/C=C/CC/C=C/CCCCCCCC. The maximum atomic E-state index is 13.4. The van der Waals surface area contributed by atoms with Gasteiger partial charge in [0.2, 0.25) is 5.91 Å². The van der Waals surface area contributed by atoms with E-state index in [1.807, 2.05) is 6.08 Å². The van der Waals surface area contributed by atoms with Crippen molar-refractivity contribution in [2.45, 2.75) is 330 Å². The van der Waals surface area contributed by atoms with Gasteiger partial charge in [0.25, 0.3) is 0 Å². The van der Waals surface area contributed by atoms with E-state index in [4.69, 9.17) is 28.4 Å². The van der Waals surface area contributed by atoms with Crippen LogP contribution in [0.25, 0.3) is 0 Å². The zero-order valence-corrected chi connectivity index (χ0v) is 56.0. The second-order valence-corrected chi connectivity index (χ2v) is 25.0. The number of carbonyl (C=O) groups excluding carboxylic acids is 1. The average Bonchev–Trinajstić information content (AvgIpc) is 0.830. The monoisotopic (exact) mass is 1300 g/mol. The Kier molecular flexibility index (Phi) is 48.5. The van der Waals surface area contributed by atoms with Gasteiger partial charge in [-0.15, -0.1) is 0 Å². The van der Waals surface area contributed by atoms with Crippen molar-refractivity contribution in [1.29, 1.82) is 0 Å².